The van der Waals surface area contributed by atoms with Crippen LogP contribution in [0, 0.1) is 0 Å². The molecule has 0 aliphatic rings. The quantitative estimate of drug-likeness (QED) is 0.834. The summed E-state index contributed by atoms with van der Waals surface area (Å²) in [6.07, 6.45) is 0. The topological polar surface area (TPSA) is 54.4 Å². The molecule has 2 aromatic rings. The zero-order valence-corrected chi connectivity index (χ0v) is 10.0. The fourth-order valence-corrected chi connectivity index (χ4v) is 1.78. The van der Waals surface area contributed by atoms with Crippen LogP contribution < -0.4 is 0 Å². The van der Waals surface area contributed by atoms with Crippen molar-refractivity contribution in [2.75, 3.05) is 0 Å². The van der Waals surface area contributed by atoms with Gasteiger partial charge in [-0.2, -0.15) is 8.42 Å². The molecule has 1 N–H and O–H groups in total. The zero-order chi connectivity index (χ0) is 12.6. The first-order valence-electron chi connectivity index (χ1n) is 5.07. The molecule has 0 aromatic heterocycles. The third-order valence-electron chi connectivity index (χ3n) is 1.86. The van der Waals surface area contributed by atoms with Crippen molar-refractivity contribution >= 4 is 10.1 Å². The monoisotopic (exact) mass is 250 g/mol. The molecule has 0 fully saturated rings. The summed E-state index contributed by atoms with van der Waals surface area (Å²) in [6.45, 7) is 0. The van der Waals surface area contributed by atoms with Crippen molar-refractivity contribution in [3.8, 4) is 0 Å². The van der Waals surface area contributed by atoms with Gasteiger partial charge in [-0.1, -0.05) is 66.7 Å². The average Bonchev–Trinajstić information content (AvgIpc) is 2.31. The second-order valence-corrected chi connectivity index (χ2v) is 4.82. The fraction of sp³-hybridized carbons (Fsp3) is 0.0769. The van der Waals surface area contributed by atoms with Gasteiger partial charge in [-0.15, -0.1) is 0 Å². The van der Waals surface area contributed by atoms with E-state index < -0.39 is 10.1 Å². The summed E-state index contributed by atoms with van der Waals surface area (Å²) < 4.78 is 29.2. The Morgan fingerprint density at radius 3 is 1.47 bits per heavy atom. The van der Waals surface area contributed by atoms with E-state index in [0.717, 1.165) is 0 Å². The minimum atomic E-state index is -3.88. The van der Waals surface area contributed by atoms with E-state index in [0.29, 0.717) is 5.56 Å². The minimum absolute atomic E-state index is 0.312. The lowest BCUT2D eigenvalue weighted by molar-refractivity contribution is 0.482. The molecule has 90 valence electrons. The summed E-state index contributed by atoms with van der Waals surface area (Å²) in [7, 11) is -3.88. The molecule has 17 heavy (non-hydrogen) atoms. The number of hydrogen-bond acceptors (Lipinski definition) is 2. The van der Waals surface area contributed by atoms with Crippen molar-refractivity contribution in [3.63, 3.8) is 0 Å². The first-order chi connectivity index (χ1) is 8.08. The van der Waals surface area contributed by atoms with Crippen LogP contribution in [0.15, 0.2) is 66.7 Å². The molecule has 0 aliphatic carbocycles. The number of rotatable bonds is 2. The van der Waals surface area contributed by atoms with Gasteiger partial charge in [-0.3, -0.25) is 4.55 Å². The van der Waals surface area contributed by atoms with Gasteiger partial charge in [0.1, 0.15) is 5.75 Å². The molecule has 0 bridgehead atoms. The molecule has 0 spiro atoms. The maximum atomic E-state index is 10.4. The van der Waals surface area contributed by atoms with E-state index >= 15 is 0 Å². The summed E-state index contributed by atoms with van der Waals surface area (Å²) in [5.41, 5.74) is 0.593. The molecule has 0 unspecified atom stereocenters. The Balaban J connectivity index is 0.000000202. The smallest absolute Gasteiger partial charge is 0.269 e. The van der Waals surface area contributed by atoms with Gasteiger partial charge < -0.3 is 0 Å². The van der Waals surface area contributed by atoms with Crippen molar-refractivity contribution in [1.82, 2.24) is 0 Å². The largest absolute Gasteiger partial charge is 0.285 e. The third kappa shape index (κ3) is 7.27. The SMILES string of the molecule is O=S(=O)(O)Cc1ccccc1.c1ccccc1. The third-order valence-corrected chi connectivity index (χ3v) is 2.56. The van der Waals surface area contributed by atoms with Crippen molar-refractivity contribution in [3.05, 3.63) is 72.3 Å². The van der Waals surface area contributed by atoms with Crippen LogP contribution in [0.5, 0.6) is 0 Å². The van der Waals surface area contributed by atoms with Gasteiger partial charge in [0.05, 0.1) is 0 Å². The van der Waals surface area contributed by atoms with Gasteiger partial charge in [0.25, 0.3) is 10.1 Å². The van der Waals surface area contributed by atoms with E-state index in [-0.39, 0.29) is 5.75 Å². The molecule has 0 saturated heterocycles. The van der Waals surface area contributed by atoms with E-state index in [1.54, 1.807) is 30.3 Å². The van der Waals surface area contributed by atoms with Crippen molar-refractivity contribution in [1.29, 1.82) is 0 Å². The zero-order valence-electron chi connectivity index (χ0n) is 9.23. The minimum Gasteiger partial charge on any atom is -0.285 e. The molecule has 3 nitrogen and oxygen atoms in total. The molecule has 0 radical (unpaired) electrons. The van der Waals surface area contributed by atoms with E-state index in [2.05, 4.69) is 0 Å². The molecule has 0 atom stereocenters. The second-order valence-electron chi connectivity index (χ2n) is 3.37. The van der Waals surface area contributed by atoms with E-state index in [1.807, 2.05) is 36.4 Å². The highest BCUT2D eigenvalue weighted by molar-refractivity contribution is 7.85. The van der Waals surface area contributed by atoms with Crippen LogP contribution in [0.4, 0.5) is 0 Å². The molecule has 0 aliphatic heterocycles. The second kappa shape index (κ2) is 6.83. The van der Waals surface area contributed by atoms with Crippen molar-refractivity contribution in [2.24, 2.45) is 0 Å². The summed E-state index contributed by atoms with van der Waals surface area (Å²) in [4.78, 5) is 0. The van der Waals surface area contributed by atoms with Gasteiger partial charge in [0.2, 0.25) is 0 Å². The maximum Gasteiger partial charge on any atom is 0.269 e. The Kier molecular flexibility index (Phi) is 5.39. The predicted molar refractivity (Wildman–Crippen MR) is 68.1 cm³/mol. The molecule has 0 saturated carbocycles. The van der Waals surface area contributed by atoms with Crippen LogP contribution >= 0.6 is 0 Å². The lowest BCUT2D eigenvalue weighted by Crippen LogP contribution is -2.00. The standard InChI is InChI=1S/C7H8O3S.C6H6/c8-11(9,10)6-7-4-2-1-3-5-7;1-2-4-6-5-3-1/h1-5H,6H2,(H,8,9,10);1-6H. The van der Waals surface area contributed by atoms with Crippen LogP contribution in [0.1, 0.15) is 5.56 Å². The van der Waals surface area contributed by atoms with Crippen molar-refractivity contribution in [2.45, 2.75) is 5.75 Å². The average molecular weight is 250 g/mol. The Bertz CT molecular complexity index is 480. The summed E-state index contributed by atoms with van der Waals surface area (Å²) >= 11 is 0. The van der Waals surface area contributed by atoms with E-state index in [9.17, 15) is 8.42 Å². The van der Waals surface area contributed by atoms with Gasteiger partial charge in [-0.05, 0) is 5.56 Å². The summed E-state index contributed by atoms with van der Waals surface area (Å²) in [6, 6.07) is 20.5. The highest BCUT2D eigenvalue weighted by atomic mass is 32.2. The highest BCUT2D eigenvalue weighted by Gasteiger charge is 2.04. The fourth-order valence-electron chi connectivity index (χ4n) is 1.17. The van der Waals surface area contributed by atoms with Crippen LogP contribution in [0.25, 0.3) is 0 Å². The van der Waals surface area contributed by atoms with Gasteiger partial charge >= 0.3 is 0 Å². The highest BCUT2D eigenvalue weighted by Crippen LogP contribution is 2.02. The Morgan fingerprint density at radius 1 is 0.765 bits per heavy atom. The molecule has 2 aromatic carbocycles. The Hall–Kier alpha value is -1.65. The molecule has 0 heterocycles. The maximum absolute atomic E-state index is 10.4. The first-order valence-corrected chi connectivity index (χ1v) is 6.68. The summed E-state index contributed by atoms with van der Waals surface area (Å²) in [5.74, 6) is -0.312. The molecular formula is C13H14O3S. The normalized spacial score (nSPS) is 10.2. The van der Waals surface area contributed by atoms with Crippen LogP contribution in [-0.2, 0) is 15.9 Å². The molecule has 4 heteroatoms. The summed E-state index contributed by atoms with van der Waals surface area (Å²) in [5, 5.41) is 0. The Morgan fingerprint density at radius 2 is 1.12 bits per heavy atom. The van der Waals surface area contributed by atoms with Gasteiger partial charge in [-0.25, -0.2) is 0 Å². The molecule has 2 rings (SSSR count). The molecule has 0 amide bonds. The first kappa shape index (κ1) is 13.4. The van der Waals surface area contributed by atoms with E-state index in [4.69, 9.17) is 4.55 Å². The van der Waals surface area contributed by atoms with Gasteiger partial charge in [0.15, 0.2) is 0 Å². The lowest BCUT2D eigenvalue weighted by atomic mass is 10.2. The Labute approximate surface area is 101 Å². The van der Waals surface area contributed by atoms with Crippen LogP contribution in [-0.4, -0.2) is 13.0 Å². The van der Waals surface area contributed by atoms with Crippen LogP contribution in [0.2, 0.25) is 0 Å². The number of benzene rings is 2. The van der Waals surface area contributed by atoms with Crippen LogP contribution in [0.3, 0.4) is 0 Å². The number of hydrogen-bond donors (Lipinski definition) is 1. The predicted octanol–water partition coefficient (Wildman–Crippen LogP) is 2.76. The molecular weight excluding hydrogens is 236 g/mol. The van der Waals surface area contributed by atoms with Gasteiger partial charge in [0, 0.05) is 0 Å². The van der Waals surface area contributed by atoms with E-state index in [1.165, 1.54) is 0 Å². The van der Waals surface area contributed by atoms with Crippen molar-refractivity contribution < 1.29 is 13.0 Å². The lowest BCUT2D eigenvalue weighted by Gasteiger charge is -1.95.